The van der Waals surface area contributed by atoms with Crippen molar-refractivity contribution in [3.05, 3.63) is 41.6 Å². The van der Waals surface area contributed by atoms with Crippen molar-refractivity contribution < 1.29 is 18.0 Å². The van der Waals surface area contributed by atoms with Crippen LogP contribution in [0.5, 0.6) is 0 Å². The van der Waals surface area contributed by atoms with Gasteiger partial charge in [0.05, 0.1) is 5.56 Å². The zero-order valence-corrected chi connectivity index (χ0v) is 11.6. The first kappa shape index (κ1) is 15.6. The standard InChI is InChI=1S/C13H14F3NOS/c1-17(2)7-6-11(18)10-5-4-9(13(14,15)16)8-12(10)19-3/h4-8H,1-3H3. The largest absolute Gasteiger partial charge is 0.416 e. The van der Waals surface area contributed by atoms with Gasteiger partial charge in [-0.05, 0) is 24.5 Å². The van der Waals surface area contributed by atoms with Crippen LogP contribution in [-0.2, 0) is 6.18 Å². The summed E-state index contributed by atoms with van der Waals surface area (Å²) in [7, 11) is 3.51. The van der Waals surface area contributed by atoms with Gasteiger partial charge in [0.15, 0.2) is 5.78 Å². The second-order valence-electron chi connectivity index (χ2n) is 4.06. The fourth-order valence-corrected chi connectivity index (χ4v) is 2.01. The SMILES string of the molecule is CSc1cc(C(F)(F)F)ccc1C(=O)C=CN(C)C. The predicted molar refractivity (Wildman–Crippen MR) is 70.4 cm³/mol. The molecule has 0 amide bonds. The molecule has 1 aromatic carbocycles. The second-order valence-corrected chi connectivity index (χ2v) is 4.90. The van der Waals surface area contributed by atoms with Crippen molar-refractivity contribution in [1.82, 2.24) is 4.90 Å². The Morgan fingerprint density at radius 3 is 2.42 bits per heavy atom. The quantitative estimate of drug-likeness (QED) is 0.479. The van der Waals surface area contributed by atoms with E-state index in [1.165, 1.54) is 12.1 Å². The van der Waals surface area contributed by atoms with Crippen LogP contribution in [0.1, 0.15) is 15.9 Å². The van der Waals surface area contributed by atoms with E-state index in [-0.39, 0.29) is 11.3 Å². The highest BCUT2D eigenvalue weighted by atomic mass is 32.2. The van der Waals surface area contributed by atoms with Crippen LogP contribution >= 0.6 is 11.8 Å². The molecule has 0 spiro atoms. The zero-order chi connectivity index (χ0) is 14.6. The fourth-order valence-electron chi connectivity index (χ4n) is 1.38. The molecule has 2 nitrogen and oxygen atoms in total. The molecule has 0 heterocycles. The van der Waals surface area contributed by atoms with Gasteiger partial charge >= 0.3 is 6.18 Å². The molecule has 6 heteroatoms. The lowest BCUT2D eigenvalue weighted by Crippen LogP contribution is -2.08. The average molecular weight is 289 g/mol. The molecule has 0 fully saturated rings. The third kappa shape index (κ3) is 4.31. The molecule has 0 atom stereocenters. The monoisotopic (exact) mass is 289 g/mol. The highest BCUT2D eigenvalue weighted by Crippen LogP contribution is 2.33. The maximum atomic E-state index is 12.6. The summed E-state index contributed by atoms with van der Waals surface area (Å²) in [5.41, 5.74) is -0.469. The van der Waals surface area contributed by atoms with Crippen molar-refractivity contribution in [2.24, 2.45) is 0 Å². The number of benzene rings is 1. The van der Waals surface area contributed by atoms with Gasteiger partial charge in [-0.15, -0.1) is 11.8 Å². The van der Waals surface area contributed by atoms with Crippen LogP contribution in [0.15, 0.2) is 35.4 Å². The molecule has 0 saturated carbocycles. The lowest BCUT2D eigenvalue weighted by atomic mass is 10.1. The van der Waals surface area contributed by atoms with Gasteiger partial charge in [-0.2, -0.15) is 13.2 Å². The molecule has 19 heavy (non-hydrogen) atoms. The Morgan fingerprint density at radius 2 is 1.95 bits per heavy atom. The van der Waals surface area contributed by atoms with Crippen LogP contribution in [0.2, 0.25) is 0 Å². The van der Waals surface area contributed by atoms with Gasteiger partial charge in [-0.25, -0.2) is 0 Å². The smallest absolute Gasteiger partial charge is 0.383 e. The number of nitrogens with zero attached hydrogens (tertiary/aromatic N) is 1. The highest BCUT2D eigenvalue weighted by molar-refractivity contribution is 7.98. The molecule has 0 N–H and O–H groups in total. The van der Waals surface area contributed by atoms with Gasteiger partial charge in [0.25, 0.3) is 0 Å². The highest BCUT2D eigenvalue weighted by Gasteiger charge is 2.31. The number of hydrogen-bond donors (Lipinski definition) is 0. The van der Waals surface area contributed by atoms with Crippen LogP contribution in [0.3, 0.4) is 0 Å². The Hall–Kier alpha value is -1.43. The van der Waals surface area contributed by atoms with E-state index < -0.39 is 11.7 Å². The summed E-state index contributed by atoms with van der Waals surface area (Å²) < 4.78 is 37.7. The van der Waals surface area contributed by atoms with E-state index in [1.54, 1.807) is 31.5 Å². The number of allylic oxidation sites excluding steroid dienone is 1. The molecule has 0 saturated heterocycles. The van der Waals surface area contributed by atoms with Gasteiger partial charge in [-0.3, -0.25) is 4.79 Å². The zero-order valence-electron chi connectivity index (χ0n) is 10.8. The topological polar surface area (TPSA) is 20.3 Å². The second kappa shape index (κ2) is 6.14. The molecule has 0 radical (unpaired) electrons. The minimum Gasteiger partial charge on any atom is -0.383 e. The first-order valence-electron chi connectivity index (χ1n) is 5.40. The molecule has 0 unspecified atom stereocenters. The number of hydrogen-bond acceptors (Lipinski definition) is 3. The number of carbonyl (C=O) groups is 1. The predicted octanol–water partition coefficient (Wildman–Crippen LogP) is 3.69. The summed E-state index contributed by atoms with van der Waals surface area (Å²) in [5.74, 6) is -0.313. The number of thioether (sulfide) groups is 1. The van der Waals surface area contributed by atoms with Crippen LogP contribution < -0.4 is 0 Å². The molecule has 0 aromatic heterocycles. The van der Waals surface area contributed by atoms with E-state index in [2.05, 4.69) is 0 Å². The third-order valence-corrected chi connectivity index (χ3v) is 3.10. The van der Waals surface area contributed by atoms with E-state index >= 15 is 0 Å². The fraction of sp³-hybridized carbons (Fsp3) is 0.308. The maximum Gasteiger partial charge on any atom is 0.416 e. The van der Waals surface area contributed by atoms with Crippen molar-refractivity contribution in [3.63, 3.8) is 0 Å². The van der Waals surface area contributed by atoms with Crippen LogP contribution in [0.25, 0.3) is 0 Å². The first-order chi connectivity index (χ1) is 8.75. The van der Waals surface area contributed by atoms with Crippen molar-refractivity contribution in [2.45, 2.75) is 11.1 Å². The van der Waals surface area contributed by atoms with E-state index in [1.807, 2.05) is 0 Å². The molecule has 1 aromatic rings. The number of halogens is 3. The van der Waals surface area contributed by atoms with Gasteiger partial charge < -0.3 is 4.90 Å². The van der Waals surface area contributed by atoms with Crippen LogP contribution in [-0.4, -0.2) is 31.0 Å². The maximum absolute atomic E-state index is 12.6. The molecule has 104 valence electrons. The lowest BCUT2D eigenvalue weighted by molar-refractivity contribution is -0.137. The molecular formula is C13H14F3NOS. The average Bonchev–Trinajstić information content (AvgIpc) is 2.33. The Balaban J connectivity index is 3.13. The minimum absolute atomic E-state index is 0.276. The first-order valence-corrected chi connectivity index (χ1v) is 6.62. The van der Waals surface area contributed by atoms with Gasteiger partial charge in [0.2, 0.25) is 0 Å². The van der Waals surface area contributed by atoms with E-state index in [4.69, 9.17) is 0 Å². The van der Waals surface area contributed by atoms with Crippen LogP contribution in [0, 0.1) is 0 Å². The number of ketones is 1. The van der Waals surface area contributed by atoms with Crippen LogP contribution in [0.4, 0.5) is 13.2 Å². The van der Waals surface area contributed by atoms with Gasteiger partial charge in [-0.1, -0.05) is 0 Å². The molecule has 0 aliphatic rings. The summed E-state index contributed by atoms with van der Waals surface area (Å²) in [6, 6.07) is 3.15. The molecule has 0 aliphatic heterocycles. The molecule has 1 rings (SSSR count). The normalized spacial score (nSPS) is 11.9. The number of carbonyl (C=O) groups excluding carboxylic acids is 1. The summed E-state index contributed by atoms with van der Waals surface area (Å²) >= 11 is 1.12. The third-order valence-electron chi connectivity index (χ3n) is 2.32. The summed E-state index contributed by atoms with van der Waals surface area (Å²) in [6.07, 6.45) is 0.139. The lowest BCUT2D eigenvalue weighted by Gasteiger charge is -2.11. The summed E-state index contributed by atoms with van der Waals surface area (Å²) in [6.45, 7) is 0. The molecular weight excluding hydrogens is 275 g/mol. The van der Waals surface area contributed by atoms with Crippen molar-refractivity contribution in [2.75, 3.05) is 20.4 Å². The van der Waals surface area contributed by atoms with Crippen molar-refractivity contribution in [3.8, 4) is 0 Å². The van der Waals surface area contributed by atoms with E-state index in [9.17, 15) is 18.0 Å². The molecule has 0 aliphatic carbocycles. The van der Waals surface area contributed by atoms with Crippen molar-refractivity contribution >= 4 is 17.5 Å². The van der Waals surface area contributed by atoms with E-state index in [0.29, 0.717) is 4.90 Å². The van der Waals surface area contributed by atoms with Crippen molar-refractivity contribution in [1.29, 1.82) is 0 Å². The Kier molecular flexibility index (Phi) is 5.05. The Labute approximate surface area is 114 Å². The Bertz CT molecular complexity index is 495. The Morgan fingerprint density at radius 1 is 1.32 bits per heavy atom. The van der Waals surface area contributed by atoms with Gasteiger partial charge in [0, 0.05) is 36.8 Å². The molecule has 0 bridgehead atoms. The summed E-state index contributed by atoms with van der Waals surface area (Å²) in [4.78, 5) is 13.9. The number of rotatable bonds is 4. The minimum atomic E-state index is -4.40. The number of alkyl halides is 3. The summed E-state index contributed by atoms with van der Waals surface area (Å²) in [5, 5.41) is 0. The van der Waals surface area contributed by atoms with Gasteiger partial charge in [0.1, 0.15) is 0 Å². The van der Waals surface area contributed by atoms with E-state index in [0.717, 1.165) is 23.9 Å².